The van der Waals surface area contributed by atoms with Crippen LogP contribution in [0.4, 0.5) is 0 Å². The van der Waals surface area contributed by atoms with Crippen molar-refractivity contribution in [2.75, 3.05) is 20.8 Å². The molecule has 3 rings (SSSR count). The van der Waals surface area contributed by atoms with Crippen molar-refractivity contribution in [1.82, 2.24) is 20.3 Å². The standard InChI is InChI=1S/C18H24N4O3/c1-4-22(11-12-5-8-16(24-2)17(9-12)25-3)18(23)13-6-7-14-15(10-13)20-21-19-14/h5,8-9,13H,4,6-7,10-11H2,1-3H3,(H,19,20,21). The summed E-state index contributed by atoms with van der Waals surface area (Å²) in [6.07, 6.45) is 2.28. The van der Waals surface area contributed by atoms with Gasteiger partial charge < -0.3 is 14.4 Å². The number of aryl methyl sites for hydroxylation is 1. The number of nitrogens with zero attached hydrogens (tertiary/aromatic N) is 3. The molecule has 1 atom stereocenters. The molecule has 0 spiro atoms. The Morgan fingerprint density at radius 1 is 1.24 bits per heavy atom. The summed E-state index contributed by atoms with van der Waals surface area (Å²) < 4.78 is 10.6. The van der Waals surface area contributed by atoms with Crippen LogP contribution >= 0.6 is 0 Å². The maximum absolute atomic E-state index is 13.0. The molecule has 0 aliphatic heterocycles. The molecule has 0 bridgehead atoms. The number of carbonyl (C=O) groups excluding carboxylic acids is 1. The largest absolute Gasteiger partial charge is 0.493 e. The fourth-order valence-electron chi connectivity index (χ4n) is 3.30. The third kappa shape index (κ3) is 3.60. The minimum Gasteiger partial charge on any atom is -0.493 e. The summed E-state index contributed by atoms with van der Waals surface area (Å²) in [6.45, 7) is 3.22. The van der Waals surface area contributed by atoms with E-state index in [0.717, 1.165) is 29.8 Å². The highest BCUT2D eigenvalue weighted by atomic mass is 16.5. The predicted octanol–water partition coefficient (Wildman–Crippen LogP) is 1.98. The smallest absolute Gasteiger partial charge is 0.226 e. The lowest BCUT2D eigenvalue weighted by Crippen LogP contribution is -2.38. The second-order valence-electron chi connectivity index (χ2n) is 6.20. The monoisotopic (exact) mass is 344 g/mol. The zero-order chi connectivity index (χ0) is 17.8. The first-order valence-corrected chi connectivity index (χ1v) is 8.54. The Kier molecular flexibility index (Phi) is 5.21. The van der Waals surface area contributed by atoms with Crippen molar-refractivity contribution in [3.8, 4) is 11.5 Å². The molecule has 1 aromatic carbocycles. The van der Waals surface area contributed by atoms with Crippen molar-refractivity contribution in [2.24, 2.45) is 5.92 Å². The molecule has 7 nitrogen and oxygen atoms in total. The molecular formula is C18H24N4O3. The normalized spacial score (nSPS) is 16.2. The molecule has 0 radical (unpaired) electrons. The highest BCUT2D eigenvalue weighted by Gasteiger charge is 2.30. The Bertz CT molecular complexity index is 744. The lowest BCUT2D eigenvalue weighted by atomic mass is 9.88. The first-order chi connectivity index (χ1) is 12.2. The Morgan fingerprint density at radius 3 is 2.72 bits per heavy atom. The number of nitrogens with one attached hydrogen (secondary N) is 1. The number of methoxy groups -OCH3 is 2. The molecule has 1 aliphatic rings. The van der Waals surface area contributed by atoms with Gasteiger partial charge in [0, 0.05) is 25.4 Å². The first kappa shape index (κ1) is 17.3. The molecule has 7 heteroatoms. The quantitative estimate of drug-likeness (QED) is 0.867. The predicted molar refractivity (Wildman–Crippen MR) is 92.5 cm³/mol. The molecular weight excluding hydrogens is 320 g/mol. The Balaban J connectivity index is 1.71. The van der Waals surface area contributed by atoms with E-state index in [2.05, 4.69) is 15.4 Å². The molecule has 25 heavy (non-hydrogen) atoms. The number of amides is 1. The van der Waals surface area contributed by atoms with Gasteiger partial charge >= 0.3 is 0 Å². The molecule has 1 unspecified atom stereocenters. The van der Waals surface area contributed by atoms with Gasteiger partial charge in [0.25, 0.3) is 0 Å². The molecule has 1 aromatic heterocycles. The van der Waals surface area contributed by atoms with Gasteiger partial charge in [-0.1, -0.05) is 6.07 Å². The number of ether oxygens (including phenoxy) is 2. The molecule has 0 saturated heterocycles. The van der Waals surface area contributed by atoms with Gasteiger partial charge in [0.1, 0.15) is 0 Å². The van der Waals surface area contributed by atoms with Crippen molar-refractivity contribution in [1.29, 1.82) is 0 Å². The maximum atomic E-state index is 13.0. The number of rotatable bonds is 6. The number of aromatic nitrogens is 3. The summed E-state index contributed by atoms with van der Waals surface area (Å²) in [5.41, 5.74) is 2.93. The van der Waals surface area contributed by atoms with Crippen LogP contribution < -0.4 is 9.47 Å². The van der Waals surface area contributed by atoms with Crippen LogP contribution in [0.1, 0.15) is 30.3 Å². The van der Waals surface area contributed by atoms with Gasteiger partial charge in [-0.05, 0) is 37.5 Å². The van der Waals surface area contributed by atoms with E-state index in [0.29, 0.717) is 31.0 Å². The summed E-state index contributed by atoms with van der Waals surface area (Å²) in [5, 5.41) is 11.0. The minimum absolute atomic E-state index is 0.0299. The minimum atomic E-state index is -0.0299. The van der Waals surface area contributed by atoms with Gasteiger partial charge in [-0.25, -0.2) is 0 Å². The van der Waals surface area contributed by atoms with Gasteiger partial charge in [-0.15, -0.1) is 0 Å². The summed E-state index contributed by atoms with van der Waals surface area (Å²) in [4.78, 5) is 14.8. The second kappa shape index (κ2) is 7.55. The van der Waals surface area contributed by atoms with E-state index in [-0.39, 0.29) is 11.8 Å². The molecule has 1 amide bonds. The zero-order valence-corrected chi connectivity index (χ0v) is 14.9. The van der Waals surface area contributed by atoms with Crippen molar-refractivity contribution in [3.63, 3.8) is 0 Å². The average molecular weight is 344 g/mol. The van der Waals surface area contributed by atoms with E-state index in [4.69, 9.17) is 9.47 Å². The second-order valence-corrected chi connectivity index (χ2v) is 6.20. The van der Waals surface area contributed by atoms with Crippen LogP contribution in [0.5, 0.6) is 11.5 Å². The van der Waals surface area contributed by atoms with Crippen molar-refractivity contribution in [2.45, 2.75) is 32.7 Å². The van der Waals surface area contributed by atoms with E-state index in [1.807, 2.05) is 30.0 Å². The van der Waals surface area contributed by atoms with E-state index >= 15 is 0 Å². The van der Waals surface area contributed by atoms with Crippen LogP contribution in [-0.2, 0) is 24.2 Å². The van der Waals surface area contributed by atoms with Crippen LogP contribution in [-0.4, -0.2) is 47.0 Å². The van der Waals surface area contributed by atoms with Gasteiger partial charge in [0.05, 0.1) is 25.6 Å². The summed E-state index contributed by atoms with van der Waals surface area (Å²) in [6, 6.07) is 5.76. The Morgan fingerprint density at radius 2 is 2.00 bits per heavy atom. The van der Waals surface area contributed by atoms with Crippen LogP contribution in [0, 0.1) is 5.92 Å². The molecule has 1 N–H and O–H groups in total. The first-order valence-electron chi connectivity index (χ1n) is 8.54. The molecule has 134 valence electrons. The topological polar surface area (TPSA) is 80.3 Å². The third-order valence-electron chi connectivity index (χ3n) is 4.74. The molecule has 2 aromatic rings. The third-order valence-corrected chi connectivity index (χ3v) is 4.74. The van der Waals surface area contributed by atoms with Crippen LogP contribution in [0.25, 0.3) is 0 Å². The highest BCUT2D eigenvalue weighted by molar-refractivity contribution is 5.79. The van der Waals surface area contributed by atoms with Crippen LogP contribution in [0.15, 0.2) is 18.2 Å². The SMILES string of the molecule is CCN(Cc1ccc(OC)c(OC)c1)C(=O)C1CCc2n[nH]nc2C1. The average Bonchev–Trinajstić information content (AvgIpc) is 3.13. The molecule has 0 saturated carbocycles. The van der Waals surface area contributed by atoms with Gasteiger partial charge in [0.2, 0.25) is 5.91 Å². The Hall–Kier alpha value is -2.57. The zero-order valence-electron chi connectivity index (χ0n) is 14.9. The van der Waals surface area contributed by atoms with E-state index in [9.17, 15) is 4.79 Å². The fraction of sp³-hybridized carbons (Fsp3) is 0.500. The lowest BCUT2D eigenvalue weighted by Gasteiger charge is -2.28. The maximum Gasteiger partial charge on any atom is 0.226 e. The van der Waals surface area contributed by atoms with Crippen molar-refractivity contribution < 1.29 is 14.3 Å². The van der Waals surface area contributed by atoms with Crippen molar-refractivity contribution >= 4 is 5.91 Å². The number of H-pyrrole nitrogens is 1. The summed E-state index contributed by atoms with van der Waals surface area (Å²) in [7, 11) is 3.22. The number of fused-ring (bicyclic) bond motifs is 1. The van der Waals surface area contributed by atoms with Gasteiger partial charge in [-0.3, -0.25) is 4.79 Å². The van der Waals surface area contributed by atoms with Gasteiger partial charge in [-0.2, -0.15) is 15.4 Å². The molecule has 0 fully saturated rings. The Labute approximate surface area is 147 Å². The number of hydrogen-bond donors (Lipinski definition) is 1. The van der Waals surface area contributed by atoms with Crippen LogP contribution in [0.3, 0.4) is 0 Å². The van der Waals surface area contributed by atoms with E-state index in [1.54, 1.807) is 14.2 Å². The highest BCUT2D eigenvalue weighted by Crippen LogP contribution is 2.29. The number of carbonyl (C=O) groups is 1. The fourth-order valence-corrected chi connectivity index (χ4v) is 3.30. The van der Waals surface area contributed by atoms with Gasteiger partial charge in [0.15, 0.2) is 11.5 Å². The van der Waals surface area contributed by atoms with Crippen LogP contribution in [0.2, 0.25) is 0 Å². The number of hydrogen-bond acceptors (Lipinski definition) is 5. The van der Waals surface area contributed by atoms with E-state index < -0.39 is 0 Å². The summed E-state index contributed by atoms with van der Waals surface area (Å²) >= 11 is 0. The van der Waals surface area contributed by atoms with Crippen molar-refractivity contribution in [3.05, 3.63) is 35.2 Å². The van der Waals surface area contributed by atoms with E-state index in [1.165, 1.54) is 0 Å². The lowest BCUT2D eigenvalue weighted by molar-refractivity contribution is -0.136. The molecule has 1 aliphatic carbocycles. The molecule has 1 heterocycles. The number of aromatic amines is 1. The number of benzene rings is 1. The summed E-state index contributed by atoms with van der Waals surface area (Å²) in [5.74, 6) is 1.50.